The Morgan fingerprint density at radius 3 is 2.88 bits per heavy atom. The van der Waals surface area contributed by atoms with Crippen molar-refractivity contribution in [3.63, 3.8) is 0 Å². The number of nitrogens with one attached hydrogen (secondary N) is 1. The molecule has 88 valence electrons. The maximum atomic E-state index is 10.9. The molecular weight excluding hydrogens is 328 g/mol. The number of hydrogen-bond acceptors (Lipinski definition) is 6. The normalized spacial score (nSPS) is 10.3. The van der Waals surface area contributed by atoms with Crippen molar-refractivity contribution in [3.8, 4) is 0 Å². The number of thiazole rings is 1. The average Bonchev–Trinajstić information content (AvgIpc) is 2.64. The third-order valence-corrected chi connectivity index (χ3v) is 3.37. The van der Waals surface area contributed by atoms with Crippen LogP contribution >= 0.6 is 38.9 Å². The Kier molecular flexibility index (Phi) is 3.70. The van der Waals surface area contributed by atoms with Crippen LogP contribution in [0.3, 0.4) is 0 Å². The Labute approximate surface area is 114 Å². The Morgan fingerprint density at radius 2 is 2.29 bits per heavy atom. The number of anilines is 2. The molecule has 0 aromatic carbocycles. The molecule has 8 heteroatoms. The van der Waals surface area contributed by atoms with Gasteiger partial charge in [0, 0.05) is 6.07 Å². The third-order valence-electron chi connectivity index (χ3n) is 1.74. The third kappa shape index (κ3) is 3.21. The number of carbonyl (C=O) groups is 1. The summed E-state index contributed by atoms with van der Waals surface area (Å²) in [4.78, 5) is 23.6. The first-order valence-electron chi connectivity index (χ1n) is 4.48. The highest BCUT2D eigenvalue weighted by Crippen LogP contribution is 2.23. The van der Waals surface area contributed by atoms with E-state index < -0.39 is 5.24 Å². The van der Waals surface area contributed by atoms with Gasteiger partial charge in [0.1, 0.15) is 21.1 Å². The first-order chi connectivity index (χ1) is 8.04. The number of halogens is 2. The molecule has 0 amide bonds. The second-order valence-corrected chi connectivity index (χ2v) is 5.24. The molecule has 2 aromatic rings. The minimum absolute atomic E-state index is 0.388. The summed E-state index contributed by atoms with van der Waals surface area (Å²) in [7, 11) is 0. The lowest BCUT2D eigenvalue weighted by molar-refractivity contribution is 0.108. The number of rotatable bonds is 3. The molecule has 0 radical (unpaired) electrons. The topological polar surface area (TPSA) is 67.8 Å². The lowest BCUT2D eigenvalue weighted by Gasteiger charge is -2.02. The molecule has 0 spiro atoms. The largest absolute Gasteiger partial charge is 0.316 e. The van der Waals surface area contributed by atoms with Crippen molar-refractivity contribution in [2.75, 3.05) is 5.32 Å². The lowest BCUT2D eigenvalue weighted by atomic mass is 10.5. The summed E-state index contributed by atoms with van der Waals surface area (Å²) >= 11 is 9.78. The van der Waals surface area contributed by atoms with Crippen molar-refractivity contribution >= 4 is 55.1 Å². The summed E-state index contributed by atoms with van der Waals surface area (Å²) in [6.07, 6.45) is 1.42. The molecule has 2 heterocycles. The fourth-order valence-electron chi connectivity index (χ4n) is 1.13. The smallest absolute Gasteiger partial charge is 0.264 e. The second-order valence-electron chi connectivity index (χ2n) is 3.05. The minimum Gasteiger partial charge on any atom is -0.316 e. The van der Waals surface area contributed by atoms with Crippen molar-refractivity contribution in [2.24, 2.45) is 0 Å². The van der Waals surface area contributed by atoms with E-state index in [0.717, 1.165) is 0 Å². The molecule has 1 N–H and O–H groups in total. The molecule has 0 unspecified atom stereocenters. The molecule has 0 aliphatic carbocycles. The lowest BCUT2D eigenvalue weighted by Crippen LogP contribution is -1.96. The van der Waals surface area contributed by atoms with E-state index in [1.54, 1.807) is 13.0 Å². The molecule has 0 aliphatic rings. The standard InChI is InChI=1S/C9H6BrClN4OS/c1-4-13-6(10)2-7(14-4)15-9-12-3-5(17-9)8(11)16/h2-3H,1H3,(H,12,13,14,15). The Balaban J connectivity index is 2.22. The minimum atomic E-state index is -0.518. The number of hydrogen-bond donors (Lipinski definition) is 1. The second kappa shape index (κ2) is 5.07. The summed E-state index contributed by atoms with van der Waals surface area (Å²) in [6, 6.07) is 1.72. The molecule has 0 saturated carbocycles. The van der Waals surface area contributed by atoms with Crippen LogP contribution < -0.4 is 5.32 Å². The van der Waals surface area contributed by atoms with Gasteiger partial charge >= 0.3 is 0 Å². The van der Waals surface area contributed by atoms with Crippen LogP contribution in [0.15, 0.2) is 16.9 Å². The highest BCUT2D eigenvalue weighted by molar-refractivity contribution is 9.10. The molecule has 2 rings (SSSR count). The van der Waals surface area contributed by atoms with Crippen LogP contribution in [0.25, 0.3) is 0 Å². The zero-order valence-electron chi connectivity index (χ0n) is 8.57. The highest BCUT2D eigenvalue weighted by atomic mass is 79.9. The van der Waals surface area contributed by atoms with Gasteiger partial charge < -0.3 is 5.32 Å². The predicted octanol–water partition coefficient (Wildman–Crippen LogP) is 3.13. The maximum absolute atomic E-state index is 10.9. The van der Waals surface area contributed by atoms with Crippen molar-refractivity contribution in [3.05, 3.63) is 27.6 Å². The van der Waals surface area contributed by atoms with Gasteiger partial charge in [-0.1, -0.05) is 11.3 Å². The Hall–Kier alpha value is -1.05. The van der Waals surface area contributed by atoms with Gasteiger partial charge in [0.15, 0.2) is 5.13 Å². The van der Waals surface area contributed by atoms with E-state index in [4.69, 9.17) is 11.6 Å². The van der Waals surface area contributed by atoms with Crippen LogP contribution in [0.2, 0.25) is 0 Å². The maximum Gasteiger partial charge on any atom is 0.264 e. The van der Waals surface area contributed by atoms with Crippen LogP contribution in [-0.4, -0.2) is 20.2 Å². The molecule has 0 fully saturated rings. The molecule has 0 saturated heterocycles. The predicted molar refractivity (Wildman–Crippen MR) is 70.0 cm³/mol. The zero-order chi connectivity index (χ0) is 12.4. The van der Waals surface area contributed by atoms with E-state index in [9.17, 15) is 4.79 Å². The fraction of sp³-hybridized carbons (Fsp3) is 0.111. The van der Waals surface area contributed by atoms with Gasteiger partial charge in [0.05, 0.1) is 6.20 Å². The van der Waals surface area contributed by atoms with Crippen molar-refractivity contribution < 1.29 is 4.79 Å². The van der Waals surface area contributed by atoms with Crippen LogP contribution in [0.4, 0.5) is 10.9 Å². The number of nitrogens with zero attached hydrogens (tertiary/aromatic N) is 3. The molecule has 0 atom stereocenters. The Bertz CT molecular complexity index is 554. The van der Waals surface area contributed by atoms with Gasteiger partial charge in [-0.05, 0) is 34.5 Å². The van der Waals surface area contributed by atoms with Crippen molar-refractivity contribution in [1.82, 2.24) is 15.0 Å². The van der Waals surface area contributed by atoms with E-state index in [1.807, 2.05) is 0 Å². The first-order valence-corrected chi connectivity index (χ1v) is 6.47. The van der Waals surface area contributed by atoms with Gasteiger partial charge in [0.25, 0.3) is 5.24 Å². The van der Waals surface area contributed by atoms with E-state index in [-0.39, 0.29) is 0 Å². The monoisotopic (exact) mass is 332 g/mol. The highest BCUT2D eigenvalue weighted by Gasteiger charge is 2.08. The summed E-state index contributed by atoms with van der Waals surface area (Å²) < 4.78 is 0.678. The van der Waals surface area contributed by atoms with E-state index in [2.05, 4.69) is 36.2 Å². The average molecular weight is 334 g/mol. The molecule has 2 aromatic heterocycles. The molecule has 5 nitrogen and oxygen atoms in total. The summed E-state index contributed by atoms with van der Waals surface area (Å²) in [5, 5.41) is 3.01. The van der Waals surface area contributed by atoms with Crippen molar-refractivity contribution in [1.29, 1.82) is 0 Å². The molecule has 0 aliphatic heterocycles. The van der Waals surface area contributed by atoms with Crippen LogP contribution in [0.1, 0.15) is 15.5 Å². The summed E-state index contributed by atoms with van der Waals surface area (Å²) in [5.41, 5.74) is 0. The van der Waals surface area contributed by atoms with Gasteiger partial charge in [-0.15, -0.1) is 0 Å². The van der Waals surface area contributed by atoms with E-state index in [1.165, 1.54) is 17.5 Å². The van der Waals surface area contributed by atoms with Gasteiger partial charge in [-0.25, -0.2) is 15.0 Å². The number of carbonyl (C=O) groups excluding carboxylic acids is 1. The number of aromatic nitrogens is 3. The molecule has 17 heavy (non-hydrogen) atoms. The zero-order valence-corrected chi connectivity index (χ0v) is 11.7. The van der Waals surface area contributed by atoms with Gasteiger partial charge in [-0.2, -0.15) is 0 Å². The molecule has 0 bridgehead atoms. The van der Waals surface area contributed by atoms with Gasteiger partial charge in [0.2, 0.25) is 0 Å². The quantitative estimate of drug-likeness (QED) is 0.690. The molecular formula is C9H6BrClN4OS. The van der Waals surface area contributed by atoms with Crippen LogP contribution in [0, 0.1) is 6.92 Å². The SMILES string of the molecule is Cc1nc(Br)cc(Nc2ncc(C(=O)Cl)s2)n1. The number of aryl methyl sites for hydroxylation is 1. The van der Waals surface area contributed by atoms with Crippen molar-refractivity contribution in [2.45, 2.75) is 6.92 Å². The first kappa shape index (κ1) is 12.4. The van der Waals surface area contributed by atoms with E-state index >= 15 is 0 Å². The Morgan fingerprint density at radius 1 is 1.53 bits per heavy atom. The van der Waals surface area contributed by atoms with Crippen LogP contribution in [-0.2, 0) is 0 Å². The summed E-state index contributed by atoms with van der Waals surface area (Å²) in [6.45, 7) is 1.78. The van der Waals surface area contributed by atoms with Crippen LogP contribution in [0.5, 0.6) is 0 Å². The van der Waals surface area contributed by atoms with Gasteiger partial charge in [-0.3, -0.25) is 4.79 Å². The summed E-state index contributed by atoms with van der Waals surface area (Å²) in [5.74, 6) is 1.24. The van der Waals surface area contributed by atoms with E-state index in [0.29, 0.717) is 26.3 Å². The fourth-order valence-corrected chi connectivity index (χ4v) is 2.42.